The van der Waals surface area contributed by atoms with Crippen LogP contribution < -0.4 is 10.5 Å². The maximum atomic E-state index is 12.2. The van der Waals surface area contributed by atoms with E-state index in [1.54, 1.807) is 36.4 Å². The van der Waals surface area contributed by atoms with Gasteiger partial charge < -0.3 is 14.9 Å². The highest BCUT2D eigenvalue weighted by molar-refractivity contribution is 7.98. The van der Waals surface area contributed by atoms with Crippen molar-refractivity contribution < 1.29 is 22.7 Å². The molecule has 2 aromatic carbocycles. The normalized spacial score (nSPS) is 11.1. The average Bonchev–Trinajstić information content (AvgIpc) is 3.42. The van der Waals surface area contributed by atoms with Crippen LogP contribution in [-0.4, -0.2) is 27.7 Å². The van der Waals surface area contributed by atoms with E-state index in [1.807, 2.05) is 5.38 Å². The minimum absolute atomic E-state index is 0.0523. The van der Waals surface area contributed by atoms with E-state index in [1.165, 1.54) is 35.2 Å². The van der Waals surface area contributed by atoms with Crippen molar-refractivity contribution in [3.8, 4) is 27.8 Å². The average molecular weight is 460 g/mol. The van der Waals surface area contributed by atoms with Crippen LogP contribution in [0.3, 0.4) is 0 Å². The van der Waals surface area contributed by atoms with Crippen molar-refractivity contribution in [3.05, 3.63) is 65.2 Å². The Balaban J connectivity index is 1.37. The van der Waals surface area contributed by atoms with Crippen molar-refractivity contribution in [2.45, 2.75) is 17.6 Å². The second-order valence-corrected chi connectivity index (χ2v) is 7.93. The standard InChI is InChI=1S/C20H14F2N4O3S2/c21-19(22)28-15-7-5-12(6-8-15)17-25-26-20(29-17)31-10-14-9-30-18(24-14)13-3-1-11(2-4-13)16(23)27/h1-9,19H,10H2,(H2,23,27). The summed E-state index contributed by atoms with van der Waals surface area (Å²) in [6, 6.07) is 12.9. The van der Waals surface area contributed by atoms with Gasteiger partial charge in [0.05, 0.1) is 5.69 Å². The van der Waals surface area contributed by atoms with Gasteiger partial charge in [-0.1, -0.05) is 23.9 Å². The molecule has 11 heteroatoms. The number of alkyl halides is 2. The van der Waals surface area contributed by atoms with Gasteiger partial charge in [0.25, 0.3) is 5.22 Å². The number of hydrogen-bond acceptors (Lipinski definition) is 8. The third kappa shape index (κ3) is 5.25. The molecule has 0 aliphatic carbocycles. The summed E-state index contributed by atoms with van der Waals surface area (Å²) in [4.78, 5) is 15.8. The van der Waals surface area contributed by atoms with Gasteiger partial charge in [-0.05, 0) is 36.4 Å². The van der Waals surface area contributed by atoms with E-state index in [0.29, 0.717) is 22.1 Å². The fourth-order valence-corrected chi connectivity index (χ4v) is 4.17. The fraction of sp³-hybridized carbons (Fsp3) is 0.100. The summed E-state index contributed by atoms with van der Waals surface area (Å²) < 4.78 is 34.4. The molecule has 1 amide bonds. The summed E-state index contributed by atoms with van der Waals surface area (Å²) in [5, 5.41) is 11.1. The molecule has 0 saturated carbocycles. The van der Waals surface area contributed by atoms with Crippen molar-refractivity contribution in [1.82, 2.24) is 15.2 Å². The Morgan fingerprint density at radius 2 is 1.81 bits per heavy atom. The fourth-order valence-electron chi connectivity index (χ4n) is 2.58. The molecule has 0 bridgehead atoms. The summed E-state index contributed by atoms with van der Waals surface area (Å²) in [6.45, 7) is -2.88. The zero-order chi connectivity index (χ0) is 21.8. The minimum atomic E-state index is -2.88. The van der Waals surface area contributed by atoms with Crippen LogP contribution in [-0.2, 0) is 5.75 Å². The van der Waals surface area contributed by atoms with E-state index in [4.69, 9.17) is 10.2 Å². The topological polar surface area (TPSA) is 104 Å². The maximum absolute atomic E-state index is 12.2. The number of carbonyl (C=O) groups is 1. The number of hydrogen-bond donors (Lipinski definition) is 1. The number of ether oxygens (including phenoxy) is 1. The highest BCUT2D eigenvalue weighted by Crippen LogP contribution is 2.29. The van der Waals surface area contributed by atoms with Gasteiger partial charge in [0.15, 0.2) is 0 Å². The van der Waals surface area contributed by atoms with Crippen LogP contribution >= 0.6 is 23.1 Å². The molecule has 0 atom stereocenters. The number of halogens is 2. The third-order valence-electron chi connectivity index (χ3n) is 4.04. The lowest BCUT2D eigenvalue weighted by atomic mass is 10.1. The quantitative estimate of drug-likeness (QED) is 0.375. The zero-order valence-corrected chi connectivity index (χ0v) is 17.3. The first-order chi connectivity index (χ1) is 15.0. The number of rotatable bonds is 8. The van der Waals surface area contributed by atoms with Crippen LogP contribution in [0, 0.1) is 0 Å². The lowest BCUT2D eigenvalue weighted by Gasteiger charge is -2.03. The Kier molecular flexibility index (Phi) is 6.23. The van der Waals surface area contributed by atoms with Crippen molar-refractivity contribution in [2.24, 2.45) is 5.73 Å². The van der Waals surface area contributed by atoms with E-state index in [9.17, 15) is 13.6 Å². The molecule has 0 saturated heterocycles. The van der Waals surface area contributed by atoms with Crippen LogP contribution in [0.15, 0.2) is 63.6 Å². The maximum Gasteiger partial charge on any atom is 0.387 e. The van der Waals surface area contributed by atoms with Gasteiger partial charge in [-0.2, -0.15) is 8.78 Å². The zero-order valence-electron chi connectivity index (χ0n) is 15.7. The first-order valence-corrected chi connectivity index (χ1v) is 10.7. The molecule has 4 aromatic rings. The Morgan fingerprint density at radius 3 is 2.48 bits per heavy atom. The Morgan fingerprint density at radius 1 is 1.10 bits per heavy atom. The predicted molar refractivity (Wildman–Crippen MR) is 112 cm³/mol. The highest BCUT2D eigenvalue weighted by Gasteiger charge is 2.12. The SMILES string of the molecule is NC(=O)c1ccc(-c2nc(CSc3nnc(-c4ccc(OC(F)F)cc4)o3)cs2)cc1. The van der Waals surface area contributed by atoms with E-state index >= 15 is 0 Å². The van der Waals surface area contributed by atoms with Crippen molar-refractivity contribution in [3.63, 3.8) is 0 Å². The molecule has 2 heterocycles. The van der Waals surface area contributed by atoms with Gasteiger partial charge in [-0.25, -0.2) is 4.98 Å². The highest BCUT2D eigenvalue weighted by atomic mass is 32.2. The molecular formula is C20H14F2N4O3S2. The van der Waals surface area contributed by atoms with E-state index in [2.05, 4.69) is 19.9 Å². The van der Waals surface area contributed by atoms with Gasteiger partial charge in [0.1, 0.15) is 10.8 Å². The summed E-state index contributed by atoms with van der Waals surface area (Å²) >= 11 is 2.82. The minimum Gasteiger partial charge on any atom is -0.435 e. The van der Waals surface area contributed by atoms with Gasteiger partial charge >= 0.3 is 6.61 Å². The number of thioether (sulfide) groups is 1. The van der Waals surface area contributed by atoms with E-state index in [-0.39, 0.29) is 11.6 Å². The molecule has 0 radical (unpaired) electrons. The van der Waals surface area contributed by atoms with Crippen molar-refractivity contribution in [2.75, 3.05) is 0 Å². The van der Waals surface area contributed by atoms with Crippen LogP contribution in [0.5, 0.6) is 5.75 Å². The molecular weight excluding hydrogens is 446 g/mol. The van der Waals surface area contributed by atoms with Crippen LogP contribution in [0.1, 0.15) is 16.1 Å². The Labute approximate surface area is 183 Å². The van der Waals surface area contributed by atoms with Gasteiger partial charge in [0.2, 0.25) is 11.8 Å². The summed E-state index contributed by atoms with van der Waals surface area (Å²) in [6.07, 6.45) is 0. The molecule has 2 N–H and O–H groups in total. The molecule has 2 aromatic heterocycles. The molecule has 0 unspecified atom stereocenters. The number of nitrogens with two attached hydrogens (primary N) is 1. The molecule has 0 spiro atoms. The lowest BCUT2D eigenvalue weighted by Crippen LogP contribution is -2.10. The molecule has 0 aliphatic rings. The molecule has 0 fully saturated rings. The molecule has 0 aliphatic heterocycles. The summed E-state index contributed by atoms with van der Waals surface area (Å²) in [5.74, 6) is 0.383. The van der Waals surface area contributed by atoms with Crippen LogP contribution in [0.25, 0.3) is 22.0 Å². The predicted octanol–water partition coefficient (Wildman–Crippen LogP) is 4.85. The van der Waals surface area contributed by atoms with E-state index in [0.717, 1.165) is 16.3 Å². The van der Waals surface area contributed by atoms with E-state index < -0.39 is 12.5 Å². The van der Waals surface area contributed by atoms with Gasteiger partial charge in [0, 0.05) is 27.8 Å². The molecule has 4 rings (SSSR count). The first kappa shape index (κ1) is 20.9. The Hall–Kier alpha value is -3.31. The largest absolute Gasteiger partial charge is 0.435 e. The molecule has 31 heavy (non-hydrogen) atoms. The second-order valence-electron chi connectivity index (χ2n) is 6.15. The van der Waals surface area contributed by atoms with Crippen LogP contribution in [0.4, 0.5) is 8.78 Å². The third-order valence-corrected chi connectivity index (χ3v) is 5.84. The number of benzene rings is 2. The van der Waals surface area contributed by atoms with Crippen molar-refractivity contribution in [1.29, 1.82) is 0 Å². The molecule has 7 nitrogen and oxygen atoms in total. The van der Waals surface area contributed by atoms with Gasteiger partial charge in [-0.15, -0.1) is 21.5 Å². The Bertz CT molecular complexity index is 1180. The summed E-state index contributed by atoms with van der Waals surface area (Å²) in [5.41, 5.74) is 8.03. The molecule has 158 valence electrons. The van der Waals surface area contributed by atoms with Crippen LogP contribution in [0.2, 0.25) is 0 Å². The second kappa shape index (κ2) is 9.23. The lowest BCUT2D eigenvalue weighted by molar-refractivity contribution is -0.0498. The number of amides is 1. The number of carbonyl (C=O) groups excluding carboxylic acids is 1. The number of primary amides is 1. The number of nitrogens with zero attached hydrogens (tertiary/aromatic N) is 3. The van der Waals surface area contributed by atoms with Crippen molar-refractivity contribution >= 4 is 29.0 Å². The monoisotopic (exact) mass is 460 g/mol. The number of aromatic nitrogens is 3. The number of thiazole rings is 1. The van der Waals surface area contributed by atoms with Gasteiger partial charge in [-0.3, -0.25) is 4.79 Å². The first-order valence-electron chi connectivity index (χ1n) is 8.84. The summed E-state index contributed by atoms with van der Waals surface area (Å²) in [7, 11) is 0. The smallest absolute Gasteiger partial charge is 0.387 e.